The molecule has 0 aliphatic heterocycles. The number of halogens is 4. The zero-order valence-corrected chi connectivity index (χ0v) is 7.99. The molecule has 0 aliphatic rings. The van der Waals surface area contributed by atoms with Crippen molar-refractivity contribution in [1.29, 1.82) is 0 Å². The van der Waals surface area contributed by atoms with Crippen LogP contribution in [0.15, 0.2) is 0 Å². The molecule has 7 heavy (non-hydrogen) atoms. The molecule has 0 aliphatic carbocycles. The fourth-order valence-corrected chi connectivity index (χ4v) is 0. The molecule has 0 rings (SSSR count). The third-order valence-corrected chi connectivity index (χ3v) is 0. The Morgan fingerprint density at radius 2 is 0.429 bits per heavy atom. The van der Waals surface area contributed by atoms with Crippen LogP contribution in [0.2, 0.25) is 0 Å². The Hall–Kier alpha value is 1.70. The predicted molar refractivity (Wildman–Crippen MR) is 36.2 cm³/mol. The van der Waals surface area contributed by atoms with Crippen molar-refractivity contribution in [2.75, 3.05) is 0 Å². The quantitative estimate of drug-likeness (QED) is 0.563. The molecule has 0 atom stereocenters. The number of hydrogen-bond acceptors (Lipinski definition) is 0. The summed E-state index contributed by atoms with van der Waals surface area (Å²) in [5.74, 6) is 0. The van der Waals surface area contributed by atoms with Gasteiger partial charge in [0, 0.05) is 19.5 Å². The minimum Gasteiger partial charge on any atom is -0.412 e. The molecular formula is H8Cl4O2Ru. The maximum atomic E-state index is 0. The summed E-state index contributed by atoms with van der Waals surface area (Å²) in [7, 11) is 0. The molecule has 7 heteroatoms. The Kier molecular flexibility index (Phi) is 3030. The molecule has 0 heterocycles. The molecule has 2 nitrogen and oxygen atoms in total. The van der Waals surface area contributed by atoms with E-state index in [4.69, 9.17) is 0 Å². The standard InChI is InChI=1S/4ClH.2H2O.Ru/h4*1H;2*1H2;. The van der Waals surface area contributed by atoms with Gasteiger partial charge in [-0.15, -0.1) is 49.6 Å². The van der Waals surface area contributed by atoms with Gasteiger partial charge in [0.25, 0.3) is 0 Å². The summed E-state index contributed by atoms with van der Waals surface area (Å²) in [5.41, 5.74) is 0. The van der Waals surface area contributed by atoms with Gasteiger partial charge in [0.1, 0.15) is 0 Å². The monoisotopic (exact) mass is 282 g/mol. The van der Waals surface area contributed by atoms with Crippen molar-refractivity contribution in [2.45, 2.75) is 0 Å². The maximum absolute atomic E-state index is 0. The smallest absolute Gasteiger partial charge is 0 e. The molecule has 0 bridgehead atoms. The van der Waals surface area contributed by atoms with Crippen LogP contribution in [0.1, 0.15) is 0 Å². The molecule has 0 aromatic heterocycles. The van der Waals surface area contributed by atoms with E-state index >= 15 is 0 Å². The van der Waals surface area contributed by atoms with Crippen molar-refractivity contribution in [3.8, 4) is 0 Å². The van der Waals surface area contributed by atoms with Gasteiger partial charge in [0.15, 0.2) is 0 Å². The van der Waals surface area contributed by atoms with Crippen LogP contribution in [-0.2, 0) is 19.5 Å². The van der Waals surface area contributed by atoms with Crippen molar-refractivity contribution < 1.29 is 30.4 Å². The number of rotatable bonds is 0. The molecule has 0 saturated heterocycles. The van der Waals surface area contributed by atoms with E-state index in [-0.39, 0.29) is 80.1 Å². The zero-order valence-electron chi connectivity index (χ0n) is 2.99. The van der Waals surface area contributed by atoms with E-state index in [1.54, 1.807) is 0 Å². The van der Waals surface area contributed by atoms with E-state index in [1.807, 2.05) is 0 Å². The molecule has 0 saturated carbocycles. The second-order valence-electron chi connectivity index (χ2n) is 0. The summed E-state index contributed by atoms with van der Waals surface area (Å²) in [5, 5.41) is 0. The molecule has 0 spiro atoms. The Morgan fingerprint density at radius 1 is 0.429 bits per heavy atom. The molecule has 0 radical (unpaired) electrons. The summed E-state index contributed by atoms with van der Waals surface area (Å²) >= 11 is 0. The molecule has 4 N–H and O–H groups in total. The second-order valence-corrected chi connectivity index (χ2v) is 0. The average Bonchev–Trinajstić information content (AvgIpc) is 0. The van der Waals surface area contributed by atoms with Crippen LogP contribution in [-0.4, -0.2) is 11.0 Å². The first-order valence-electron chi connectivity index (χ1n) is 0. The minimum absolute atomic E-state index is 0. The van der Waals surface area contributed by atoms with Crippen LogP contribution in [0.25, 0.3) is 0 Å². The van der Waals surface area contributed by atoms with Crippen molar-refractivity contribution in [3.05, 3.63) is 0 Å². The fourth-order valence-electron chi connectivity index (χ4n) is 0. The third kappa shape index (κ3) is 86.4. The van der Waals surface area contributed by atoms with E-state index in [0.717, 1.165) is 0 Å². The first-order chi connectivity index (χ1) is 0. The first kappa shape index (κ1) is 178. The van der Waals surface area contributed by atoms with Gasteiger partial charge in [-0.3, -0.25) is 0 Å². The van der Waals surface area contributed by atoms with E-state index in [9.17, 15) is 0 Å². The summed E-state index contributed by atoms with van der Waals surface area (Å²) in [4.78, 5) is 0. The van der Waals surface area contributed by atoms with E-state index in [2.05, 4.69) is 0 Å². The normalized spacial score (nSPS) is 0. The zero-order chi connectivity index (χ0) is 0. The van der Waals surface area contributed by atoms with Gasteiger partial charge < -0.3 is 11.0 Å². The van der Waals surface area contributed by atoms with Crippen LogP contribution in [0.4, 0.5) is 0 Å². The fraction of sp³-hybridized carbons (Fsp3) is 0. The summed E-state index contributed by atoms with van der Waals surface area (Å²) < 4.78 is 0. The molecule has 56 valence electrons. The molecule has 0 aromatic carbocycles. The van der Waals surface area contributed by atoms with Gasteiger partial charge >= 0.3 is 0 Å². The minimum atomic E-state index is 0. The molecule has 0 aromatic rings. The largest absolute Gasteiger partial charge is 0.412 e. The third-order valence-electron chi connectivity index (χ3n) is 0. The summed E-state index contributed by atoms with van der Waals surface area (Å²) in [6, 6.07) is 0. The van der Waals surface area contributed by atoms with Crippen molar-refractivity contribution in [1.82, 2.24) is 0 Å². The van der Waals surface area contributed by atoms with Gasteiger partial charge in [-0.05, 0) is 0 Å². The maximum Gasteiger partial charge on any atom is 0 e. The van der Waals surface area contributed by atoms with E-state index < -0.39 is 0 Å². The van der Waals surface area contributed by atoms with E-state index in [0.29, 0.717) is 0 Å². The summed E-state index contributed by atoms with van der Waals surface area (Å²) in [6.07, 6.45) is 0. The Bertz CT molecular complexity index is 9.65. The topological polar surface area (TPSA) is 63.0 Å². The van der Waals surface area contributed by atoms with Crippen LogP contribution < -0.4 is 0 Å². The Labute approximate surface area is 79.8 Å². The van der Waals surface area contributed by atoms with Crippen LogP contribution in [0, 0.1) is 0 Å². The molecule has 0 amide bonds. The second kappa shape index (κ2) is 119. The van der Waals surface area contributed by atoms with Gasteiger partial charge in [0.05, 0.1) is 0 Å². The molecule has 0 fully saturated rings. The number of hydrogen-bond donors (Lipinski definition) is 0. The van der Waals surface area contributed by atoms with Crippen molar-refractivity contribution >= 4 is 49.6 Å². The Morgan fingerprint density at radius 3 is 0.429 bits per heavy atom. The van der Waals surface area contributed by atoms with Gasteiger partial charge in [0.2, 0.25) is 0 Å². The predicted octanol–water partition coefficient (Wildman–Crippen LogP) is 0.0353. The van der Waals surface area contributed by atoms with Gasteiger partial charge in [-0.1, -0.05) is 0 Å². The van der Waals surface area contributed by atoms with Crippen LogP contribution >= 0.6 is 49.6 Å². The first-order valence-corrected chi connectivity index (χ1v) is 0. The SMILES string of the molecule is Cl.Cl.Cl.Cl.O.O.[Ru]. The average molecular weight is 283 g/mol. The molecule has 0 unspecified atom stereocenters. The Balaban J connectivity index is 0. The van der Waals surface area contributed by atoms with Crippen LogP contribution in [0.5, 0.6) is 0 Å². The van der Waals surface area contributed by atoms with Gasteiger partial charge in [-0.25, -0.2) is 0 Å². The van der Waals surface area contributed by atoms with Crippen molar-refractivity contribution in [2.24, 2.45) is 0 Å². The van der Waals surface area contributed by atoms with Gasteiger partial charge in [-0.2, -0.15) is 0 Å². The summed E-state index contributed by atoms with van der Waals surface area (Å²) in [6.45, 7) is 0. The van der Waals surface area contributed by atoms with Crippen LogP contribution in [0.3, 0.4) is 0 Å². The molecular weight excluding hydrogens is 275 g/mol. The van der Waals surface area contributed by atoms with E-state index in [1.165, 1.54) is 0 Å². The van der Waals surface area contributed by atoms with Crippen molar-refractivity contribution in [3.63, 3.8) is 0 Å².